The van der Waals surface area contributed by atoms with E-state index in [4.69, 9.17) is 5.11 Å². The van der Waals surface area contributed by atoms with Crippen LogP contribution in [0.5, 0.6) is 0 Å². The molecule has 0 radical (unpaired) electrons. The number of hydrogen-bond donors (Lipinski definition) is 2. The molecular formula is C16H22FNO2. The lowest BCUT2D eigenvalue weighted by molar-refractivity contribution is 0.0696. The molecule has 0 saturated heterocycles. The average molecular weight is 279 g/mol. The van der Waals surface area contributed by atoms with E-state index in [9.17, 15) is 9.18 Å². The number of hydrogen-bond acceptors (Lipinski definition) is 2. The SMILES string of the molecule is CC1(C)CCCCC1NCc1cc(C(=O)O)ccc1F. The predicted octanol–water partition coefficient (Wildman–Crippen LogP) is 3.58. The van der Waals surface area contributed by atoms with Gasteiger partial charge in [0, 0.05) is 18.2 Å². The van der Waals surface area contributed by atoms with Gasteiger partial charge in [0.1, 0.15) is 5.82 Å². The molecule has 2 N–H and O–H groups in total. The quantitative estimate of drug-likeness (QED) is 0.885. The Bertz CT molecular complexity index is 499. The highest BCUT2D eigenvalue weighted by molar-refractivity contribution is 5.87. The molecule has 1 fully saturated rings. The molecule has 0 aliphatic heterocycles. The molecule has 0 heterocycles. The van der Waals surface area contributed by atoms with Crippen LogP contribution in [0.25, 0.3) is 0 Å². The summed E-state index contributed by atoms with van der Waals surface area (Å²) in [7, 11) is 0. The Morgan fingerprint density at radius 1 is 1.45 bits per heavy atom. The third-order valence-electron chi connectivity index (χ3n) is 4.34. The molecule has 0 amide bonds. The summed E-state index contributed by atoms with van der Waals surface area (Å²) in [6, 6.07) is 4.29. The van der Waals surface area contributed by atoms with Crippen molar-refractivity contribution in [3.05, 3.63) is 35.1 Å². The molecule has 1 aliphatic carbocycles. The summed E-state index contributed by atoms with van der Waals surface area (Å²) in [6.45, 7) is 4.84. The highest BCUT2D eigenvalue weighted by Crippen LogP contribution is 2.35. The van der Waals surface area contributed by atoms with Gasteiger partial charge in [-0.05, 0) is 36.5 Å². The monoisotopic (exact) mass is 279 g/mol. The van der Waals surface area contributed by atoms with Crippen LogP contribution in [0.3, 0.4) is 0 Å². The summed E-state index contributed by atoms with van der Waals surface area (Å²) in [6.07, 6.45) is 4.70. The van der Waals surface area contributed by atoms with Gasteiger partial charge in [0.25, 0.3) is 0 Å². The van der Waals surface area contributed by atoms with E-state index in [0.717, 1.165) is 6.42 Å². The molecule has 1 saturated carbocycles. The average Bonchev–Trinajstić information content (AvgIpc) is 2.38. The largest absolute Gasteiger partial charge is 0.478 e. The summed E-state index contributed by atoms with van der Waals surface area (Å²) in [4.78, 5) is 10.9. The highest BCUT2D eigenvalue weighted by Gasteiger charge is 2.31. The molecule has 1 aromatic rings. The Kier molecular flexibility index (Phi) is 4.43. The maximum absolute atomic E-state index is 13.7. The van der Waals surface area contributed by atoms with Crippen LogP contribution in [0, 0.1) is 11.2 Å². The molecule has 0 bridgehead atoms. The molecule has 1 aliphatic rings. The van der Waals surface area contributed by atoms with Gasteiger partial charge in [-0.2, -0.15) is 0 Å². The van der Waals surface area contributed by atoms with Gasteiger partial charge < -0.3 is 10.4 Å². The smallest absolute Gasteiger partial charge is 0.335 e. The van der Waals surface area contributed by atoms with E-state index in [-0.39, 0.29) is 16.8 Å². The van der Waals surface area contributed by atoms with E-state index in [1.165, 1.54) is 37.5 Å². The topological polar surface area (TPSA) is 49.3 Å². The summed E-state index contributed by atoms with van der Waals surface area (Å²) in [5.41, 5.74) is 0.761. The molecule has 110 valence electrons. The minimum absolute atomic E-state index is 0.131. The number of benzene rings is 1. The normalized spacial score (nSPS) is 21.6. The predicted molar refractivity (Wildman–Crippen MR) is 76.2 cm³/mol. The van der Waals surface area contributed by atoms with E-state index < -0.39 is 5.97 Å². The van der Waals surface area contributed by atoms with Gasteiger partial charge in [0.2, 0.25) is 0 Å². The van der Waals surface area contributed by atoms with Gasteiger partial charge in [0.15, 0.2) is 0 Å². The molecular weight excluding hydrogens is 257 g/mol. The van der Waals surface area contributed by atoms with Gasteiger partial charge in [0.05, 0.1) is 5.56 Å². The van der Waals surface area contributed by atoms with Crippen LogP contribution in [0.4, 0.5) is 4.39 Å². The number of halogens is 1. The van der Waals surface area contributed by atoms with Crippen molar-refractivity contribution < 1.29 is 14.3 Å². The Labute approximate surface area is 119 Å². The third kappa shape index (κ3) is 3.37. The van der Waals surface area contributed by atoms with Gasteiger partial charge >= 0.3 is 5.97 Å². The molecule has 4 heteroatoms. The minimum Gasteiger partial charge on any atom is -0.478 e. The molecule has 20 heavy (non-hydrogen) atoms. The summed E-state index contributed by atoms with van der Waals surface area (Å²) in [5, 5.41) is 12.4. The second-order valence-electron chi connectivity index (χ2n) is 6.28. The van der Waals surface area contributed by atoms with E-state index in [0.29, 0.717) is 18.2 Å². The molecule has 3 nitrogen and oxygen atoms in total. The highest BCUT2D eigenvalue weighted by atomic mass is 19.1. The molecule has 0 spiro atoms. The zero-order chi connectivity index (χ0) is 14.8. The van der Waals surface area contributed by atoms with Gasteiger partial charge in [-0.3, -0.25) is 0 Å². The Morgan fingerprint density at radius 2 is 2.20 bits per heavy atom. The van der Waals surface area contributed by atoms with Gasteiger partial charge in [-0.15, -0.1) is 0 Å². The maximum atomic E-state index is 13.7. The Morgan fingerprint density at radius 3 is 2.85 bits per heavy atom. The molecule has 1 unspecified atom stereocenters. The van der Waals surface area contributed by atoms with Crippen molar-refractivity contribution in [2.45, 2.75) is 52.1 Å². The minimum atomic E-state index is -1.02. The Hall–Kier alpha value is -1.42. The van der Waals surface area contributed by atoms with E-state index >= 15 is 0 Å². The first-order chi connectivity index (χ1) is 9.40. The van der Waals surface area contributed by atoms with Crippen LogP contribution in [0.15, 0.2) is 18.2 Å². The van der Waals surface area contributed by atoms with Crippen LogP contribution in [-0.4, -0.2) is 17.1 Å². The van der Waals surface area contributed by atoms with Crippen LogP contribution >= 0.6 is 0 Å². The number of rotatable bonds is 4. The zero-order valence-electron chi connectivity index (χ0n) is 12.1. The van der Waals surface area contributed by atoms with Gasteiger partial charge in [-0.1, -0.05) is 26.7 Å². The first-order valence-corrected chi connectivity index (χ1v) is 7.15. The standard InChI is InChI=1S/C16H22FNO2/c1-16(2)8-4-3-5-14(16)18-10-12-9-11(15(19)20)6-7-13(12)17/h6-7,9,14,18H,3-5,8,10H2,1-2H3,(H,19,20). The molecule has 2 rings (SSSR count). The summed E-state index contributed by atoms with van der Waals surface area (Å²) >= 11 is 0. The van der Waals surface area contributed by atoms with Crippen molar-refractivity contribution >= 4 is 5.97 Å². The maximum Gasteiger partial charge on any atom is 0.335 e. The zero-order valence-corrected chi connectivity index (χ0v) is 12.1. The second kappa shape index (κ2) is 5.92. The van der Waals surface area contributed by atoms with Crippen molar-refractivity contribution in [2.75, 3.05) is 0 Å². The van der Waals surface area contributed by atoms with Crippen molar-refractivity contribution in [1.29, 1.82) is 0 Å². The molecule has 1 aromatic carbocycles. The van der Waals surface area contributed by atoms with Crippen LogP contribution in [0.1, 0.15) is 55.5 Å². The van der Waals surface area contributed by atoms with E-state index in [2.05, 4.69) is 19.2 Å². The number of aromatic carboxylic acids is 1. The lowest BCUT2D eigenvalue weighted by Crippen LogP contribution is -2.43. The fourth-order valence-electron chi connectivity index (χ4n) is 2.95. The molecule has 0 aromatic heterocycles. The van der Waals surface area contributed by atoms with Gasteiger partial charge in [-0.25, -0.2) is 9.18 Å². The lowest BCUT2D eigenvalue weighted by Gasteiger charge is -2.39. The fourth-order valence-corrected chi connectivity index (χ4v) is 2.95. The van der Waals surface area contributed by atoms with Crippen molar-refractivity contribution in [2.24, 2.45) is 5.41 Å². The van der Waals surface area contributed by atoms with E-state index in [1.54, 1.807) is 0 Å². The fraction of sp³-hybridized carbons (Fsp3) is 0.562. The lowest BCUT2D eigenvalue weighted by atomic mass is 9.73. The first kappa shape index (κ1) is 15.0. The molecule has 1 atom stereocenters. The number of carboxylic acids is 1. The van der Waals surface area contributed by atoms with Crippen LogP contribution in [-0.2, 0) is 6.54 Å². The number of carboxylic acid groups (broad SMARTS) is 1. The summed E-state index contributed by atoms with van der Waals surface area (Å²) in [5.74, 6) is -1.37. The number of nitrogens with one attached hydrogen (secondary N) is 1. The van der Waals surface area contributed by atoms with Crippen LogP contribution < -0.4 is 5.32 Å². The van der Waals surface area contributed by atoms with Crippen LogP contribution in [0.2, 0.25) is 0 Å². The second-order valence-corrected chi connectivity index (χ2v) is 6.28. The Balaban J connectivity index is 2.06. The van der Waals surface area contributed by atoms with Crippen molar-refractivity contribution in [3.8, 4) is 0 Å². The first-order valence-electron chi connectivity index (χ1n) is 7.15. The van der Waals surface area contributed by atoms with Crippen molar-refractivity contribution in [1.82, 2.24) is 5.32 Å². The van der Waals surface area contributed by atoms with Crippen molar-refractivity contribution in [3.63, 3.8) is 0 Å². The number of carbonyl (C=O) groups is 1. The van der Waals surface area contributed by atoms with E-state index in [1.807, 2.05) is 0 Å². The summed E-state index contributed by atoms with van der Waals surface area (Å²) < 4.78 is 13.7. The third-order valence-corrected chi connectivity index (χ3v) is 4.34.